The van der Waals surface area contributed by atoms with E-state index in [9.17, 15) is 0 Å². The fourth-order valence-corrected chi connectivity index (χ4v) is 22.2. The van der Waals surface area contributed by atoms with Crippen molar-refractivity contribution in [2.24, 2.45) is 0 Å². The zero-order valence-electron chi connectivity index (χ0n) is 16.7. The fraction of sp³-hybridized carbons (Fsp3) is 1.00. The maximum absolute atomic E-state index is 6.52. The molecule has 0 amide bonds. The minimum absolute atomic E-state index is 1.04. The molecule has 0 unspecified atom stereocenters. The van der Waals surface area contributed by atoms with Gasteiger partial charge in [0.1, 0.15) is 0 Å². The molecule has 7 heteroatoms. The quantitative estimate of drug-likeness (QED) is 0.472. The van der Waals surface area contributed by atoms with Gasteiger partial charge >= 0.3 is 0 Å². The molecule has 0 fully saturated rings. The Labute approximate surface area is 138 Å². The van der Waals surface area contributed by atoms with Crippen molar-refractivity contribution in [3.63, 3.8) is 0 Å². The number of hydrogen-bond donors (Lipinski definition) is 0. The molecule has 0 saturated heterocycles. The molecule has 0 aliphatic heterocycles. The third kappa shape index (κ3) is 11.9. The molecule has 0 bridgehead atoms. The Bertz CT molecular complexity index is 312. The van der Waals surface area contributed by atoms with E-state index >= 15 is 0 Å². The lowest BCUT2D eigenvalue weighted by Gasteiger charge is -2.43. The molecular formula is C14H40NO2Si4+. The number of hydrogen-bond acceptors (Lipinski definition) is 2. The van der Waals surface area contributed by atoms with E-state index in [1.54, 1.807) is 0 Å². The zero-order chi connectivity index (χ0) is 17.3. The Kier molecular flexibility index (Phi) is 6.94. The summed E-state index contributed by atoms with van der Waals surface area (Å²) in [5.74, 6) is 0. The predicted octanol–water partition coefficient (Wildman–Crippen LogP) is 4.25. The summed E-state index contributed by atoms with van der Waals surface area (Å²) in [4.78, 5) is 0. The van der Waals surface area contributed by atoms with Gasteiger partial charge in [0, 0.05) is 0 Å². The van der Waals surface area contributed by atoms with E-state index in [1.165, 1.54) is 12.3 Å². The topological polar surface area (TPSA) is 18.5 Å². The van der Waals surface area contributed by atoms with Crippen molar-refractivity contribution in [3.05, 3.63) is 0 Å². The van der Waals surface area contributed by atoms with Gasteiger partial charge in [-0.15, -0.1) is 0 Å². The van der Waals surface area contributed by atoms with E-state index in [4.69, 9.17) is 8.23 Å². The van der Waals surface area contributed by atoms with Crippen LogP contribution in [0.15, 0.2) is 0 Å². The Morgan fingerprint density at radius 2 is 0.810 bits per heavy atom. The fourth-order valence-electron chi connectivity index (χ4n) is 3.84. The Balaban J connectivity index is 4.83. The smallest absolute Gasteiger partial charge is 0.234 e. The summed E-state index contributed by atoms with van der Waals surface area (Å²) in [6, 6.07) is 0. The molecule has 0 heterocycles. The third-order valence-electron chi connectivity index (χ3n) is 2.78. The highest BCUT2D eigenvalue weighted by Crippen LogP contribution is 2.21. The van der Waals surface area contributed by atoms with Crippen LogP contribution in [0, 0.1) is 0 Å². The van der Waals surface area contributed by atoms with E-state index in [0.29, 0.717) is 0 Å². The largest absolute Gasteiger partial charge is 0.452 e. The molecule has 0 saturated carbocycles. The van der Waals surface area contributed by atoms with Gasteiger partial charge in [0.25, 0.3) is 0 Å². The van der Waals surface area contributed by atoms with Gasteiger partial charge in [-0.2, -0.15) is 0 Å². The molecule has 0 radical (unpaired) electrons. The lowest BCUT2D eigenvalue weighted by Crippen LogP contribution is -2.62. The highest BCUT2D eigenvalue weighted by Gasteiger charge is 2.41. The molecular weight excluding hydrogens is 327 g/mol. The second-order valence-corrected chi connectivity index (χ2v) is 28.0. The summed E-state index contributed by atoms with van der Waals surface area (Å²) >= 11 is 0. The lowest BCUT2D eigenvalue weighted by molar-refractivity contribution is -0.871. The summed E-state index contributed by atoms with van der Waals surface area (Å²) in [6.07, 6.45) is 2.34. The number of quaternary nitrogens is 1. The molecule has 0 spiro atoms. The van der Waals surface area contributed by atoms with Crippen LogP contribution < -0.4 is 0 Å². The maximum Gasteiger partial charge on any atom is 0.234 e. The second-order valence-electron chi connectivity index (χ2n) is 10.2. The molecule has 0 aliphatic carbocycles. The first-order valence-corrected chi connectivity index (χ1v) is 21.1. The first-order valence-electron chi connectivity index (χ1n) is 8.05. The molecule has 3 nitrogen and oxygen atoms in total. The lowest BCUT2D eigenvalue weighted by atomic mass is 10.8. The molecule has 128 valence electrons. The first kappa shape index (κ1) is 21.7. The van der Waals surface area contributed by atoms with Crippen molar-refractivity contribution >= 4 is 33.3 Å². The third-order valence-corrected chi connectivity index (χ3v) is 15.3. The Morgan fingerprint density at radius 1 is 0.571 bits per heavy atom. The second kappa shape index (κ2) is 6.70. The standard InChI is InChI=1S/C14H40NO2Si4/c1-15(2,13-20(9,10)16-18(3,4)5)14-21(11,12)17-19(6,7)8/h13-14H2,1-12H3/q+1. The van der Waals surface area contributed by atoms with Crippen LogP contribution in [-0.4, -0.2) is 64.2 Å². The van der Waals surface area contributed by atoms with Gasteiger partial charge in [-0.25, -0.2) is 0 Å². The van der Waals surface area contributed by atoms with Crippen LogP contribution in [0.25, 0.3) is 0 Å². The van der Waals surface area contributed by atoms with E-state index in [-0.39, 0.29) is 0 Å². The van der Waals surface area contributed by atoms with Crippen molar-refractivity contribution in [2.75, 3.05) is 26.4 Å². The molecule has 21 heavy (non-hydrogen) atoms. The van der Waals surface area contributed by atoms with Gasteiger partial charge in [0.15, 0.2) is 16.6 Å². The minimum Gasteiger partial charge on any atom is -0.452 e. The Hall–Kier alpha value is 0.748. The van der Waals surface area contributed by atoms with Gasteiger partial charge in [-0.05, 0) is 65.5 Å². The number of nitrogens with zero attached hydrogens (tertiary/aromatic N) is 1. The van der Waals surface area contributed by atoms with Gasteiger partial charge in [-0.1, -0.05) is 0 Å². The maximum atomic E-state index is 6.52. The SMILES string of the molecule is C[N+](C)(C[Si](C)(C)O[Si](C)(C)C)C[Si](C)(C)O[Si](C)(C)C. The summed E-state index contributed by atoms with van der Waals surface area (Å²) in [5, 5.41) is 0. The normalized spacial score (nSPS) is 15.4. The van der Waals surface area contributed by atoms with Gasteiger partial charge in [0.05, 0.1) is 26.4 Å². The van der Waals surface area contributed by atoms with Crippen LogP contribution in [0.3, 0.4) is 0 Å². The van der Waals surface area contributed by atoms with Crippen molar-refractivity contribution in [1.82, 2.24) is 0 Å². The average molecular weight is 367 g/mol. The number of rotatable bonds is 8. The molecule has 0 aliphatic rings. The first-order chi connectivity index (χ1) is 8.83. The van der Waals surface area contributed by atoms with E-state index in [1.807, 2.05) is 0 Å². The summed E-state index contributed by atoms with van der Waals surface area (Å²) < 4.78 is 14.1. The predicted molar refractivity (Wildman–Crippen MR) is 106 cm³/mol. The van der Waals surface area contributed by atoms with Crippen LogP contribution in [0.2, 0.25) is 65.5 Å². The van der Waals surface area contributed by atoms with Crippen LogP contribution in [0.1, 0.15) is 0 Å². The van der Waals surface area contributed by atoms with Gasteiger partial charge in [0.2, 0.25) is 16.6 Å². The van der Waals surface area contributed by atoms with Crippen molar-refractivity contribution in [2.45, 2.75) is 65.5 Å². The molecule has 0 atom stereocenters. The minimum atomic E-state index is -1.62. The van der Waals surface area contributed by atoms with Gasteiger partial charge in [-0.3, -0.25) is 0 Å². The van der Waals surface area contributed by atoms with E-state index in [2.05, 4.69) is 79.6 Å². The Morgan fingerprint density at radius 3 is 1.00 bits per heavy atom. The van der Waals surface area contributed by atoms with Crippen LogP contribution >= 0.6 is 0 Å². The van der Waals surface area contributed by atoms with Crippen LogP contribution in [-0.2, 0) is 8.23 Å². The summed E-state index contributed by atoms with van der Waals surface area (Å²) in [7, 11) is -1.44. The molecule has 0 aromatic heterocycles. The van der Waals surface area contributed by atoms with E-state index < -0.39 is 33.3 Å². The molecule has 0 rings (SSSR count). The average Bonchev–Trinajstić information content (AvgIpc) is 1.83. The highest BCUT2D eigenvalue weighted by atomic mass is 28.4. The van der Waals surface area contributed by atoms with Crippen molar-refractivity contribution < 1.29 is 12.7 Å². The van der Waals surface area contributed by atoms with Gasteiger partial charge < -0.3 is 12.7 Å². The van der Waals surface area contributed by atoms with Crippen molar-refractivity contribution in [1.29, 1.82) is 0 Å². The van der Waals surface area contributed by atoms with Crippen molar-refractivity contribution in [3.8, 4) is 0 Å². The zero-order valence-corrected chi connectivity index (χ0v) is 20.7. The van der Waals surface area contributed by atoms with Crippen LogP contribution in [0.4, 0.5) is 0 Å². The van der Waals surface area contributed by atoms with E-state index in [0.717, 1.165) is 4.48 Å². The molecule has 0 aromatic carbocycles. The monoisotopic (exact) mass is 366 g/mol. The summed E-state index contributed by atoms with van der Waals surface area (Å²) in [5.41, 5.74) is 0. The van der Waals surface area contributed by atoms with Crippen LogP contribution in [0.5, 0.6) is 0 Å². The molecule has 0 aromatic rings. The summed E-state index contributed by atoms with van der Waals surface area (Å²) in [6.45, 7) is 23.3. The highest BCUT2D eigenvalue weighted by molar-refractivity contribution is 6.85. The molecule has 0 N–H and O–H groups in total.